The molecule has 0 aromatic heterocycles. The van der Waals surface area contributed by atoms with E-state index in [9.17, 15) is 16.8 Å². The standard InChI is InChI=1S/C13H19NO4S2/c1-10-3-4-11(2)13(7-10)20(17,18)14-8-12-5-6-19(15,16)9-12/h3-4,7,12,14H,5-6,8-9H2,1-2H3/t12-/m0/s1. The molecular weight excluding hydrogens is 298 g/mol. The third-order valence-corrected chi connectivity index (χ3v) is 6.92. The van der Waals surface area contributed by atoms with Crippen LogP contribution >= 0.6 is 0 Å². The molecule has 0 saturated carbocycles. The summed E-state index contributed by atoms with van der Waals surface area (Å²) in [5, 5.41) is 0. The Hall–Kier alpha value is -0.920. The van der Waals surface area contributed by atoms with Gasteiger partial charge in [-0.15, -0.1) is 0 Å². The quantitative estimate of drug-likeness (QED) is 0.899. The van der Waals surface area contributed by atoms with Crippen molar-refractivity contribution in [1.82, 2.24) is 4.72 Å². The average Bonchev–Trinajstić information content (AvgIpc) is 2.70. The minimum Gasteiger partial charge on any atom is -0.229 e. The molecule has 1 saturated heterocycles. The van der Waals surface area contributed by atoms with Crippen molar-refractivity contribution in [1.29, 1.82) is 0 Å². The van der Waals surface area contributed by atoms with Crippen LogP contribution in [-0.2, 0) is 19.9 Å². The summed E-state index contributed by atoms with van der Waals surface area (Å²) < 4.78 is 49.8. The maximum atomic E-state index is 12.3. The highest BCUT2D eigenvalue weighted by molar-refractivity contribution is 7.91. The molecule has 0 spiro atoms. The maximum Gasteiger partial charge on any atom is 0.240 e. The van der Waals surface area contributed by atoms with Gasteiger partial charge in [0.05, 0.1) is 16.4 Å². The molecule has 1 aliphatic rings. The van der Waals surface area contributed by atoms with E-state index in [1.807, 2.05) is 13.0 Å². The summed E-state index contributed by atoms with van der Waals surface area (Å²) in [6.45, 7) is 3.75. The van der Waals surface area contributed by atoms with Crippen molar-refractivity contribution in [2.75, 3.05) is 18.1 Å². The third-order valence-electron chi connectivity index (χ3n) is 3.52. The van der Waals surface area contributed by atoms with Gasteiger partial charge in [-0.1, -0.05) is 12.1 Å². The lowest BCUT2D eigenvalue weighted by Crippen LogP contribution is -2.30. The van der Waals surface area contributed by atoms with Crippen LogP contribution in [0.1, 0.15) is 17.5 Å². The zero-order chi connectivity index (χ0) is 15.0. The predicted molar refractivity (Wildman–Crippen MR) is 77.9 cm³/mol. The normalized spacial score (nSPS) is 22.0. The Labute approximate surface area is 120 Å². The Kier molecular flexibility index (Phi) is 4.22. The van der Waals surface area contributed by atoms with Gasteiger partial charge in [-0.05, 0) is 43.4 Å². The molecule has 0 bridgehead atoms. The van der Waals surface area contributed by atoms with Gasteiger partial charge in [-0.3, -0.25) is 0 Å². The van der Waals surface area contributed by atoms with Crippen molar-refractivity contribution >= 4 is 19.9 Å². The van der Waals surface area contributed by atoms with Crippen LogP contribution in [0.3, 0.4) is 0 Å². The number of hydrogen-bond donors (Lipinski definition) is 1. The van der Waals surface area contributed by atoms with Crippen LogP contribution in [-0.4, -0.2) is 34.9 Å². The molecule has 1 aromatic rings. The first-order valence-electron chi connectivity index (χ1n) is 6.47. The molecule has 1 aliphatic heterocycles. The summed E-state index contributed by atoms with van der Waals surface area (Å²) in [4.78, 5) is 0.262. The van der Waals surface area contributed by atoms with Gasteiger partial charge < -0.3 is 0 Å². The van der Waals surface area contributed by atoms with E-state index in [0.717, 1.165) is 5.56 Å². The van der Waals surface area contributed by atoms with Gasteiger partial charge in [0.2, 0.25) is 10.0 Å². The van der Waals surface area contributed by atoms with Crippen LogP contribution in [0.25, 0.3) is 0 Å². The molecule has 1 N–H and O–H groups in total. The van der Waals surface area contributed by atoms with Crippen LogP contribution in [0.15, 0.2) is 23.1 Å². The van der Waals surface area contributed by atoms with E-state index < -0.39 is 19.9 Å². The maximum absolute atomic E-state index is 12.3. The van der Waals surface area contributed by atoms with Gasteiger partial charge in [0.15, 0.2) is 9.84 Å². The fraction of sp³-hybridized carbons (Fsp3) is 0.538. The summed E-state index contributed by atoms with van der Waals surface area (Å²) in [6, 6.07) is 5.25. The number of hydrogen-bond acceptors (Lipinski definition) is 4. The summed E-state index contributed by atoms with van der Waals surface area (Å²) in [5.74, 6) is 0.102. The van der Waals surface area contributed by atoms with Crippen LogP contribution in [0.4, 0.5) is 0 Å². The zero-order valence-corrected chi connectivity index (χ0v) is 13.2. The van der Waals surface area contributed by atoms with Gasteiger partial charge in [0.25, 0.3) is 0 Å². The Balaban J connectivity index is 2.10. The Morgan fingerprint density at radius 1 is 1.30 bits per heavy atom. The fourth-order valence-corrected chi connectivity index (χ4v) is 5.64. The highest BCUT2D eigenvalue weighted by Gasteiger charge is 2.29. The number of rotatable bonds is 4. The highest BCUT2D eigenvalue weighted by atomic mass is 32.2. The predicted octanol–water partition coefficient (Wildman–Crippen LogP) is 1.02. The molecule has 0 aliphatic carbocycles. The van der Waals surface area contributed by atoms with Crippen LogP contribution in [0.5, 0.6) is 0 Å². The monoisotopic (exact) mass is 317 g/mol. The minimum atomic E-state index is -3.58. The molecule has 20 heavy (non-hydrogen) atoms. The van der Waals surface area contributed by atoms with Gasteiger partial charge in [0, 0.05) is 6.54 Å². The van der Waals surface area contributed by atoms with Crippen LogP contribution in [0.2, 0.25) is 0 Å². The van der Waals surface area contributed by atoms with Crippen molar-refractivity contribution in [2.45, 2.75) is 25.2 Å². The Bertz CT molecular complexity index is 708. The number of nitrogens with one attached hydrogen (secondary N) is 1. The molecule has 1 aromatic carbocycles. The third kappa shape index (κ3) is 3.59. The lowest BCUT2D eigenvalue weighted by molar-refractivity contribution is 0.543. The summed E-state index contributed by atoms with van der Waals surface area (Å²) in [7, 11) is -6.56. The molecule has 112 valence electrons. The largest absolute Gasteiger partial charge is 0.240 e. The first kappa shape index (κ1) is 15.5. The van der Waals surface area contributed by atoms with E-state index in [1.165, 1.54) is 0 Å². The molecule has 2 rings (SSSR count). The Morgan fingerprint density at radius 2 is 2.00 bits per heavy atom. The van der Waals surface area contributed by atoms with Crippen molar-refractivity contribution in [3.63, 3.8) is 0 Å². The van der Waals surface area contributed by atoms with E-state index in [0.29, 0.717) is 12.0 Å². The molecule has 7 heteroatoms. The number of benzene rings is 1. The summed E-state index contributed by atoms with van der Waals surface area (Å²) in [5.41, 5.74) is 1.56. The average molecular weight is 317 g/mol. The topological polar surface area (TPSA) is 80.3 Å². The van der Waals surface area contributed by atoms with Gasteiger partial charge in [0.1, 0.15) is 0 Å². The van der Waals surface area contributed by atoms with Gasteiger partial charge in [-0.25, -0.2) is 21.6 Å². The molecular formula is C13H19NO4S2. The highest BCUT2D eigenvalue weighted by Crippen LogP contribution is 2.20. The molecule has 1 heterocycles. The smallest absolute Gasteiger partial charge is 0.229 e. The molecule has 1 fully saturated rings. The lowest BCUT2D eigenvalue weighted by atomic mass is 10.1. The van der Waals surface area contributed by atoms with E-state index in [1.54, 1.807) is 19.1 Å². The molecule has 0 radical (unpaired) electrons. The van der Waals surface area contributed by atoms with E-state index in [4.69, 9.17) is 0 Å². The molecule has 1 atom stereocenters. The van der Waals surface area contributed by atoms with Gasteiger partial charge >= 0.3 is 0 Å². The van der Waals surface area contributed by atoms with Crippen molar-refractivity contribution in [3.05, 3.63) is 29.3 Å². The van der Waals surface area contributed by atoms with Crippen molar-refractivity contribution in [2.24, 2.45) is 5.92 Å². The minimum absolute atomic E-state index is 0.0717. The van der Waals surface area contributed by atoms with E-state index in [-0.39, 0.29) is 28.9 Å². The van der Waals surface area contributed by atoms with Crippen LogP contribution < -0.4 is 4.72 Å². The first-order valence-corrected chi connectivity index (χ1v) is 9.77. The zero-order valence-electron chi connectivity index (χ0n) is 11.6. The first-order chi connectivity index (χ1) is 9.20. The molecule has 5 nitrogen and oxygen atoms in total. The SMILES string of the molecule is Cc1ccc(C)c(S(=O)(=O)NC[C@@H]2CCS(=O)(=O)C2)c1. The number of sulfone groups is 1. The molecule has 0 unspecified atom stereocenters. The summed E-state index contributed by atoms with van der Waals surface area (Å²) >= 11 is 0. The van der Waals surface area contributed by atoms with Crippen molar-refractivity contribution in [3.8, 4) is 0 Å². The number of sulfonamides is 1. The van der Waals surface area contributed by atoms with Crippen LogP contribution in [0, 0.1) is 19.8 Å². The lowest BCUT2D eigenvalue weighted by Gasteiger charge is -2.12. The van der Waals surface area contributed by atoms with Gasteiger partial charge in [-0.2, -0.15) is 0 Å². The van der Waals surface area contributed by atoms with E-state index in [2.05, 4.69) is 4.72 Å². The molecule has 0 amide bonds. The van der Waals surface area contributed by atoms with E-state index >= 15 is 0 Å². The van der Waals surface area contributed by atoms with Crippen molar-refractivity contribution < 1.29 is 16.8 Å². The fourth-order valence-electron chi connectivity index (χ4n) is 2.34. The number of aryl methyl sites for hydroxylation is 2. The second-order valence-corrected chi connectivity index (χ2v) is 9.35. The summed E-state index contributed by atoms with van der Waals surface area (Å²) in [6.07, 6.45) is 0.525. The second-order valence-electron chi connectivity index (χ2n) is 5.39. The Morgan fingerprint density at radius 3 is 2.60 bits per heavy atom. The second kappa shape index (κ2) is 5.46.